The number of benzene rings is 1. The molecule has 1 atom stereocenters. The Morgan fingerprint density at radius 1 is 1.25 bits per heavy atom. The van der Waals surface area contributed by atoms with Crippen LogP contribution in [-0.2, 0) is 0 Å². The van der Waals surface area contributed by atoms with Crippen LogP contribution in [0.4, 0.5) is 0 Å². The van der Waals surface area contributed by atoms with Gasteiger partial charge in [0.05, 0.1) is 17.7 Å². The summed E-state index contributed by atoms with van der Waals surface area (Å²) in [7, 11) is 0. The maximum Gasteiger partial charge on any atom is 0.146 e. The summed E-state index contributed by atoms with van der Waals surface area (Å²) in [5, 5.41) is 16.4. The summed E-state index contributed by atoms with van der Waals surface area (Å²) < 4.78 is 0. The third-order valence-electron chi connectivity index (χ3n) is 1.47. The van der Waals surface area contributed by atoms with Crippen molar-refractivity contribution >= 4 is 11.6 Å². The van der Waals surface area contributed by atoms with Gasteiger partial charge < -0.3 is 0 Å². The van der Waals surface area contributed by atoms with Crippen molar-refractivity contribution in [3.63, 3.8) is 0 Å². The number of hydrogen-bond acceptors (Lipinski definition) is 2. The van der Waals surface area contributed by atoms with Crippen molar-refractivity contribution in [1.29, 1.82) is 10.5 Å². The fourth-order valence-electron chi connectivity index (χ4n) is 0.889. The summed E-state index contributed by atoms with van der Waals surface area (Å²) >= 11 is 5.66. The van der Waals surface area contributed by atoms with Crippen molar-refractivity contribution in [3.8, 4) is 12.1 Å². The molecule has 0 heterocycles. The Morgan fingerprint density at radius 2 is 1.92 bits per heavy atom. The van der Waals surface area contributed by atoms with Crippen LogP contribution in [0.2, 0.25) is 0 Å². The average Bonchev–Trinajstić information content (AvgIpc) is 2.16. The lowest BCUT2D eigenvalue weighted by Crippen LogP contribution is -1.90. The zero-order valence-corrected chi connectivity index (χ0v) is 6.92. The standard InChI is InChI=1S/C9H5ClN2/c10-9(6-12)8-4-2-1-3-7(8)5-11/h1-4,9H. The molecule has 1 aromatic rings. The summed E-state index contributed by atoms with van der Waals surface area (Å²) in [6, 6.07) is 10.7. The molecule has 1 rings (SSSR count). The number of nitriles is 2. The monoisotopic (exact) mass is 176 g/mol. The van der Waals surface area contributed by atoms with Gasteiger partial charge in [0.1, 0.15) is 5.38 Å². The first-order valence-corrected chi connectivity index (χ1v) is 3.76. The first-order valence-electron chi connectivity index (χ1n) is 3.32. The minimum absolute atomic E-state index is 0.457. The lowest BCUT2D eigenvalue weighted by Gasteiger charge is -2.01. The van der Waals surface area contributed by atoms with Gasteiger partial charge in [-0.05, 0) is 6.07 Å². The van der Waals surface area contributed by atoms with E-state index < -0.39 is 5.38 Å². The molecule has 0 N–H and O–H groups in total. The predicted octanol–water partition coefficient (Wildman–Crippen LogP) is 2.36. The lowest BCUT2D eigenvalue weighted by molar-refractivity contribution is 1.20. The van der Waals surface area contributed by atoms with Crippen LogP contribution < -0.4 is 0 Å². The molecule has 0 aromatic heterocycles. The van der Waals surface area contributed by atoms with Crippen molar-refractivity contribution in [2.75, 3.05) is 0 Å². The van der Waals surface area contributed by atoms with Gasteiger partial charge in [-0.15, -0.1) is 11.6 Å². The molecule has 0 fully saturated rings. The van der Waals surface area contributed by atoms with E-state index in [0.29, 0.717) is 11.1 Å². The molecule has 1 unspecified atom stereocenters. The van der Waals surface area contributed by atoms with Crippen molar-refractivity contribution in [3.05, 3.63) is 35.4 Å². The zero-order valence-electron chi connectivity index (χ0n) is 6.16. The maximum absolute atomic E-state index is 8.64. The van der Waals surface area contributed by atoms with Crippen LogP contribution in [0, 0.1) is 22.7 Å². The van der Waals surface area contributed by atoms with Crippen LogP contribution in [0.25, 0.3) is 0 Å². The van der Waals surface area contributed by atoms with E-state index in [1.807, 2.05) is 12.1 Å². The molecule has 0 saturated heterocycles. The van der Waals surface area contributed by atoms with Crippen molar-refractivity contribution in [2.45, 2.75) is 5.38 Å². The number of rotatable bonds is 1. The van der Waals surface area contributed by atoms with Gasteiger partial charge in [-0.3, -0.25) is 0 Å². The fourth-order valence-corrected chi connectivity index (χ4v) is 1.08. The Morgan fingerprint density at radius 3 is 2.50 bits per heavy atom. The SMILES string of the molecule is N#Cc1ccccc1C(Cl)C#N. The summed E-state index contributed by atoms with van der Waals surface area (Å²) in [6.45, 7) is 0. The van der Waals surface area contributed by atoms with E-state index in [9.17, 15) is 0 Å². The quantitative estimate of drug-likeness (QED) is 0.617. The minimum Gasteiger partial charge on any atom is -0.196 e. The van der Waals surface area contributed by atoms with Gasteiger partial charge in [-0.25, -0.2) is 0 Å². The third kappa shape index (κ3) is 1.56. The minimum atomic E-state index is -0.735. The molecular formula is C9H5ClN2. The van der Waals surface area contributed by atoms with Gasteiger partial charge in [0.15, 0.2) is 0 Å². The van der Waals surface area contributed by atoms with E-state index in [-0.39, 0.29) is 0 Å². The largest absolute Gasteiger partial charge is 0.196 e. The van der Waals surface area contributed by atoms with Crippen molar-refractivity contribution in [1.82, 2.24) is 0 Å². The first kappa shape index (κ1) is 8.59. The van der Waals surface area contributed by atoms with E-state index in [2.05, 4.69) is 0 Å². The van der Waals surface area contributed by atoms with Crippen LogP contribution >= 0.6 is 11.6 Å². The van der Waals surface area contributed by atoms with Gasteiger partial charge in [-0.2, -0.15) is 10.5 Å². The summed E-state index contributed by atoms with van der Waals surface area (Å²) in [5.74, 6) is 0. The summed E-state index contributed by atoms with van der Waals surface area (Å²) in [4.78, 5) is 0. The van der Waals surface area contributed by atoms with E-state index >= 15 is 0 Å². The molecule has 0 amide bonds. The normalized spacial score (nSPS) is 11.2. The number of hydrogen-bond donors (Lipinski definition) is 0. The van der Waals surface area contributed by atoms with Crippen LogP contribution in [0.15, 0.2) is 24.3 Å². The smallest absolute Gasteiger partial charge is 0.146 e. The Hall–Kier alpha value is -1.51. The molecular weight excluding hydrogens is 172 g/mol. The third-order valence-corrected chi connectivity index (χ3v) is 1.80. The molecule has 0 spiro atoms. The zero-order chi connectivity index (χ0) is 8.97. The van der Waals surface area contributed by atoms with E-state index in [1.165, 1.54) is 0 Å². The second-order valence-corrected chi connectivity index (χ2v) is 2.63. The highest BCUT2D eigenvalue weighted by Crippen LogP contribution is 2.22. The number of halogens is 1. The Labute approximate surface area is 75.6 Å². The van der Waals surface area contributed by atoms with E-state index in [4.69, 9.17) is 22.1 Å². The Kier molecular flexibility index (Phi) is 2.69. The molecule has 0 aliphatic carbocycles. The lowest BCUT2D eigenvalue weighted by atomic mass is 10.1. The average molecular weight is 177 g/mol. The highest BCUT2D eigenvalue weighted by atomic mass is 35.5. The van der Waals surface area contributed by atoms with Crippen molar-refractivity contribution < 1.29 is 0 Å². The molecule has 3 heteroatoms. The van der Waals surface area contributed by atoms with Crippen molar-refractivity contribution in [2.24, 2.45) is 0 Å². The second kappa shape index (κ2) is 3.76. The van der Waals surface area contributed by atoms with Crippen LogP contribution in [0.1, 0.15) is 16.5 Å². The molecule has 1 aromatic carbocycles. The number of nitrogens with zero attached hydrogens (tertiary/aromatic N) is 2. The number of alkyl halides is 1. The molecule has 58 valence electrons. The summed E-state index contributed by atoms with van der Waals surface area (Å²) in [5.41, 5.74) is 1.03. The van der Waals surface area contributed by atoms with Gasteiger partial charge >= 0.3 is 0 Å². The van der Waals surface area contributed by atoms with Gasteiger partial charge in [0.2, 0.25) is 0 Å². The molecule has 0 saturated carbocycles. The maximum atomic E-state index is 8.64. The van der Waals surface area contributed by atoms with Crippen LogP contribution in [0.5, 0.6) is 0 Å². The van der Waals surface area contributed by atoms with Gasteiger partial charge in [-0.1, -0.05) is 18.2 Å². The van der Waals surface area contributed by atoms with Gasteiger partial charge in [0.25, 0.3) is 0 Å². The molecule has 0 bridgehead atoms. The molecule has 0 aliphatic rings. The molecule has 0 radical (unpaired) electrons. The fraction of sp³-hybridized carbons (Fsp3) is 0.111. The van der Waals surface area contributed by atoms with Crippen LogP contribution in [0.3, 0.4) is 0 Å². The van der Waals surface area contributed by atoms with Gasteiger partial charge in [0, 0.05) is 5.56 Å². The predicted molar refractivity (Wildman–Crippen MR) is 45.4 cm³/mol. The highest BCUT2D eigenvalue weighted by Gasteiger charge is 2.09. The molecule has 12 heavy (non-hydrogen) atoms. The Balaban J connectivity index is 3.18. The first-order chi connectivity index (χ1) is 5.79. The second-order valence-electron chi connectivity index (χ2n) is 2.19. The molecule has 0 aliphatic heterocycles. The van der Waals surface area contributed by atoms with E-state index in [1.54, 1.807) is 24.3 Å². The molecule has 2 nitrogen and oxygen atoms in total. The summed E-state index contributed by atoms with van der Waals surface area (Å²) in [6.07, 6.45) is 0. The van der Waals surface area contributed by atoms with Crippen LogP contribution in [-0.4, -0.2) is 0 Å². The van der Waals surface area contributed by atoms with E-state index in [0.717, 1.165) is 0 Å². The highest BCUT2D eigenvalue weighted by molar-refractivity contribution is 6.22. The Bertz CT molecular complexity index is 360. The topological polar surface area (TPSA) is 47.6 Å².